The van der Waals surface area contributed by atoms with Crippen LogP contribution in [0.1, 0.15) is 42.4 Å². The van der Waals surface area contributed by atoms with Crippen LogP contribution in [-0.2, 0) is 27.8 Å². The Kier molecular flexibility index (Phi) is 6.86. The van der Waals surface area contributed by atoms with Crippen molar-refractivity contribution >= 4 is 15.9 Å². The molecule has 5 nitrogen and oxygen atoms in total. The van der Waals surface area contributed by atoms with Crippen LogP contribution in [0, 0.1) is 6.92 Å². The molecule has 0 radical (unpaired) electrons. The lowest BCUT2D eigenvalue weighted by Gasteiger charge is -2.25. The van der Waals surface area contributed by atoms with Crippen molar-refractivity contribution in [1.29, 1.82) is 0 Å². The van der Waals surface area contributed by atoms with Crippen LogP contribution in [0.5, 0.6) is 0 Å². The lowest BCUT2D eigenvalue weighted by atomic mass is 10.1. The highest BCUT2D eigenvalue weighted by Crippen LogP contribution is 2.21. The van der Waals surface area contributed by atoms with Crippen molar-refractivity contribution in [2.75, 3.05) is 13.1 Å². The molecule has 0 saturated carbocycles. The number of nitrogens with one attached hydrogen (secondary N) is 1. The van der Waals surface area contributed by atoms with Crippen LogP contribution in [0.4, 0.5) is 0 Å². The topological polar surface area (TPSA) is 66.5 Å². The van der Waals surface area contributed by atoms with Crippen molar-refractivity contribution in [1.82, 2.24) is 9.62 Å². The number of hydrogen-bond acceptors (Lipinski definition) is 3. The summed E-state index contributed by atoms with van der Waals surface area (Å²) in [5.41, 5.74) is 3.24. The van der Waals surface area contributed by atoms with Gasteiger partial charge in [-0.1, -0.05) is 42.8 Å². The molecule has 0 unspecified atom stereocenters. The molecule has 0 spiro atoms. The Hall–Kier alpha value is -2.18. The first-order valence-corrected chi connectivity index (χ1v) is 11.3. The van der Waals surface area contributed by atoms with Crippen molar-refractivity contribution in [2.24, 2.45) is 0 Å². The van der Waals surface area contributed by atoms with Crippen LogP contribution in [0.3, 0.4) is 0 Å². The van der Waals surface area contributed by atoms with Gasteiger partial charge in [-0.25, -0.2) is 8.42 Å². The van der Waals surface area contributed by atoms with Gasteiger partial charge in [-0.2, -0.15) is 4.31 Å². The fourth-order valence-electron chi connectivity index (χ4n) is 3.43. The standard InChI is InChI=1S/C22H28N2O3S/c1-18-7-3-4-8-20(18)17-23-22(25)14-11-19-9-12-21(13-10-19)28(26,27)24-15-5-2-6-16-24/h3-4,7-10,12-13H,2,5-6,11,14-17H2,1H3,(H,23,25). The summed E-state index contributed by atoms with van der Waals surface area (Å²) in [6, 6.07) is 14.9. The highest BCUT2D eigenvalue weighted by Gasteiger charge is 2.25. The van der Waals surface area contributed by atoms with Crippen LogP contribution >= 0.6 is 0 Å². The van der Waals surface area contributed by atoms with E-state index in [1.807, 2.05) is 43.3 Å². The van der Waals surface area contributed by atoms with E-state index in [1.54, 1.807) is 16.4 Å². The van der Waals surface area contributed by atoms with Gasteiger partial charge in [0.1, 0.15) is 0 Å². The maximum atomic E-state index is 12.7. The first-order valence-electron chi connectivity index (χ1n) is 9.87. The molecule has 150 valence electrons. The molecule has 1 fully saturated rings. The van der Waals surface area contributed by atoms with Gasteiger partial charge in [0.25, 0.3) is 0 Å². The van der Waals surface area contributed by atoms with Crippen LogP contribution in [0.15, 0.2) is 53.4 Å². The molecule has 1 aliphatic rings. The second kappa shape index (κ2) is 9.34. The molecular weight excluding hydrogens is 372 g/mol. The second-order valence-corrected chi connectivity index (χ2v) is 9.25. The fourth-order valence-corrected chi connectivity index (χ4v) is 4.95. The van der Waals surface area contributed by atoms with Gasteiger partial charge in [0.15, 0.2) is 0 Å². The van der Waals surface area contributed by atoms with E-state index in [-0.39, 0.29) is 5.91 Å². The van der Waals surface area contributed by atoms with E-state index in [0.717, 1.165) is 36.0 Å². The molecule has 1 saturated heterocycles. The Bertz CT molecular complexity index is 902. The summed E-state index contributed by atoms with van der Waals surface area (Å²) in [5.74, 6) is -0.00623. The Balaban J connectivity index is 1.51. The zero-order valence-electron chi connectivity index (χ0n) is 16.4. The number of hydrogen-bond donors (Lipinski definition) is 1. The van der Waals surface area contributed by atoms with E-state index in [2.05, 4.69) is 5.32 Å². The van der Waals surface area contributed by atoms with Crippen molar-refractivity contribution in [2.45, 2.75) is 50.5 Å². The largest absolute Gasteiger partial charge is 0.352 e. The van der Waals surface area contributed by atoms with Crippen LogP contribution in [-0.4, -0.2) is 31.7 Å². The average Bonchev–Trinajstić information content (AvgIpc) is 2.72. The van der Waals surface area contributed by atoms with Gasteiger partial charge < -0.3 is 5.32 Å². The molecule has 1 amide bonds. The quantitative estimate of drug-likeness (QED) is 0.774. The molecule has 2 aromatic carbocycles. The van der Waals surface area contributed by atoms with Gasteiger partial charge in [-0.15, -0.1) is 0 Å². The number of amides is 1. The van der Waals surface area contributed by atoms with Crippen LogP contribution in [0.25, 0.3) is 0 Å². The Labute approximate surface area is 167 Å². The summed E-state index contributed by atoms with van der Waals surface area (Å²) in [4.78, 5) is 12.5. The Morgan fingerprint density at radius 1 is 1.00 bits per heavy atom. The molecule has 6 heteroatoms. The molecule has 0 bridgehead atoms. The molecule has 0 aromatic heterocycles. The molecule has 1 heterocycles. The molecule has 0 atom stereocenters. The number of carbonyl (C=O) groups is 1. The summed E-state index contributed by atoms with van der Waals surface area (Å²) in [5, 5.41) is 2.95. The molecule has 1 N–H and O–H groups in total. The second-order valence-electron chi connectivity index (χ2n) is 7.31. The number of carbonyl (C=O) groups excluding carboxylic acids is 1. The fraction of sp³-hybridized carbons (Fsp3) is 0.409. The number of piperidine rings is 1. The normalized spacial score (nSPS) is 15.3. The predicted octanol–water partition coefficient (Wildman–Crippen LogP) is 3.42. The Morgan fingerprint density at radius 3 is 2.36 bits per heavy atom. The van der Waals surface area contributed by atoms with E-state index >= 15 is 0 Å². The van der Waals surface area contributed by atoms with Gasteiger partial charge >= 0.3 is 0 Å². The number of sulfonamides is 1. The van der Waals surface area contributed by atoms with E-state index in [1.165, 1.54) is 0 Å². The maximum Gasteiger partial charge on any atom is 0.243 e. The third kappa shape index (κ3) is 5.20. The van der Waals surface area contributed by atoms with Crippen LogP contribution < -0.4 is 5.32 Å². The van der Waals surface area contributed by atoms with Crippen LogP contribution in [0.2, 0.25) is 0 Å². The van der Waals surface area contributed by atoms with Crippen molar-refractivity contribution in [3.63, 3.8) is 0 Å². The summed E-state index contributed by atoms with van der Waals surface area (Å²) in [6.07, 6.45) is 3.91. The first kappa shape index (κ1) is 20.6. The lowest BCUT2D eigenvalue weighted by molar-refractivity contribution is -0.121. The van der Waals surface area contributed by atoms with Gasteiger partial charge in [0, 0.05) is 26.1 Å². The summed E-state index contributed by atoms with van der Waals surface area (Å²) < 4.78 is 26.9. The molecule has 3 rings (SSSR count). The molecule has 28 heavy (non-hydrogen) atoms. The molecule has 2 aromatic rings. The third-order valence-corrected chi connectivity index (χ3v) is 7.17. The summed E-state index contributed by atoms with van der Waals surface area (Å²) in [6.45, 7) is 3.76. The summed E-state index contributed by atoms with van der Waals surface area (Å²) in [7, 11) is -3.40. The minimum atomic E-state index is -3.40. The van der Waals surface area contributed by atoms with Gasteiger partial charge in [-0.05, 0) is 55.0 Å². The number of rotatable bonds is 7. The minimum Gasteiger partial charge on any atom is -0.352 e. The SMILES string of the molecule is Cc1ccccc1CNC(=O)CCc1ccc(S(=O)(=O)N2CCCCC2)cc1. The van der Waals surface area contributed by atoms with E-state index in [4.69, 9.17) is 0 Å². The molecule has 0 aliphatic carbocycles. The Morgan fingerprint density at radius 2 is 1.68 bits per heavy atom. The third-order valence-electron chi connectivity index (χ3n) is 5.25. The van der Waals surface area contributed by atoms with Crippen molar-refractivity contribution < 1.29 is 13.2 Å². The average molecular weight is 401 g/mol. The lowest BCUT2D eigenvalue weighted by Crippen LogP contribution is -2.35. The van der Waals surface area contributed by atoms with Crippen molar-refractivity contribution in [3.05, 3.63) is 65.2 Å². The number of nitrogens with zero attached hydrogens (tertiary/aromatic N) is 1. The maximum absolute atomic E-state index is 12.7. The zero-order valence-corrected chi connectivity index (χ0v) is 17.2. The van der Waals surface area contributed by atoms with E-state index < -0.39 is 10.0 Å². The van der Waals surface area contributed by atoms with Gasteiger partial charge in [0.05, 0.1) is 4.90 Å². The van der Waals surface area contributed by atoms with E-state index in [9.17, 15) is 13.2 Å². The zero-order chi connectivity index (χ0) is 20.0. The predicted molar refractivity (Wildman–Crippen MR) is 110 cm³/mol. The number of aryl methyl sites for hydroxylation is 2. The highest BCUT2D eigenvalue weighted by atomic mass is 32.2. The van der Waals surface area contributed by atoms with E-state index in [0.29, 0.717) is 37.4 Å². The van der Waals surface area contributed by atoms with Gasteiger partial charge in [-0.3, -0.25) is 4.79 Å². The first-order chi connectivity index (χ1) is 13.5. The minimum absolute atomic E-state index is 0.00623. The van der Waals surface area contributed by atoms with Crippen molar-refractivity contribution in [3.8, 4) is 0 Å². The number of benzene rings is 2. The van der Waals surface area contributed by atoms with Gasteiger partial charge in [0.2, 0.25) is 15.9 Å². The summed E-state index contributed by atoms with van der Waals surface area (Å²) >= 11 is 0. The highest BCUT2D eigenvalue weighted by molar-refractivity contribution is 7.89. The molecule has 1 aliphatic heterocycles. The molecular formula is C22H28N2O3S. The smallest absolute Gasteiger partial charge is 0.243 e. The monoisotopic (exact) mass is 400 g/mol.